The van der Waals surface area contributed by atoms with Crippen LogP contribution in [-0.2, 0) is 30.3 Å². The second kappa shape index (κ2) is 13.7. The number of phenols is 1. The number of benzene rings is 2. The fraction of sp³-hybridized carbons (Fsp3) is 0.429. The number of esters is 1. The van der Waals surface area contributed by atoms with Gasteiger partial charge in [-0.05, 0) is 90.9 Å². The van der Waals surface area contributed by atoms with Gasteiger partial charge in [-0.15, -0.1) is 0 Å². The Morgan fingerprint density at radius 2 is 1.63 bits per heavy atom. The number of nitrogens with one attached hydrogen (secondary N) is 3. The Hall–Kier alpha value is -4.12. The Kier molecular flexibility index (Phi) is 9.91. The van der Waals surface area contributed by atoms with Gasteiger partial charge in [0.05, 0.1) is 28.9 Å². The molecule has 3 aromatic rings. The molecule has 2 aliphatic rings. The number of H-pyrrole nitrogens is 1. The Bertz CT molecular complexity index is 1680. The summed E-state index contributed by atoms with van der Waals surface area (Å²) < 4.78 is 6.50. The van der Waals surface area contributed by atoms with Crippen molar-refractivity contribution in [2.75, 3.05) is 4.90 Å². The van der Waals surface area contributed by atoms with Crippen LogP contribution in [0.1, 0.15) is 71.0 Å². The molecule has 0 saturated heterocycles. The highest BCUT2D eigenvalue weighted by Gasteiger charge is 2.41. The molecule has 0 radical (unpaired) electrons. The number of anilines is 1. The van der Waals surface area contributed by atoms with Crippen LogP contribution < -0.4 is 15.5 Å². The van der Waals surface area contributed by atoms with Crippen LogP contribution in [0.25, 0.3) is 10.9 Å². The predicted octanol–water partition coefficient (Wildman–Crippen LogP) is 5.59. The maximum atomic E-state index is 14.3. The number of carbonyl (C=O) groups excluding carboxylic acids is 4. The molecule has 6 unspecified atom stereocenters. The first kappa shape index (κ1) is 33.2. The van der Waals surface area contributed by atoms with E-state index in [0.717, 1.165) is 22.0 Å². The Labute approximate surface area is 277 Å². The third-order valence-corrected chi connectivity index (χ3v) is 9.43. The largest absolute Gasteiger partial charge is 0.508 e. The van der Waals surface area contributed by atoms with Crippen LogP contribution in [0.3, 0.4) is 0 Å². The predicted molar refractivity (Wildman–Crippen MR) is 179 cm³/mol. The highest BCUT2D eigenvalue weighted by atomic mass is 79.9. The van der Waals surface area contributed by atoms with Crippen LogP contribution in [0.4, 0.5) is 5.69 Å². The van der Waals surface area contributed by atoms with E-state index in [2.05, 4.69) is 37.6 Å². The summed E-state index contributed by atoms with van der Waals surface area (Å²) in [6.45, 7) is 9.30. The van der Waals surface area contributed by atoms with Gasteiger partial charge in [0.25, 0.3) is 0 Å². The third kappa shape index (κ3) is 7.14. The Balaban J connectivity index is 1.56. The molecular weight excluding hydrogens is 652 g/mol. The van der Waals surface area contributed by atoms with E-state index in [1.807, 2.05) is 39.8 Å². The van der Waals surface area contributed by atoms with Gasteiger partial charge in [0.15, 0.2) is 0 Å². The SMILES string of the molecule is CC1=CC(C)CC(C)OC(=O)CC(c2ccc(O)cc2)NC(=O)C2Cc3c(Br)[nH]c4cccc(c34)N2C(=O)C(C)NC(=O)C(C)C1. The molecule has 3 amide bonds. The van der Waals surface area contributed by atoms with Crippen LogP contribution in [0.15, 0.2) is 58.7 Å². The number of carbonyl (C=O) groups is 4. The molecule has 1 aromatic heterocycles. The summed E-state index contributed by atoms with van der Waals surface area (Å²) in [6.07, 6.45) is 2.84. The first-order valence-electron chi connectivity index (χ1n) is 15.7. The van der Waals surface area contributed by atoms with E-state index < -0.39 is 41.8 Å². The lowest BCUT2D eigenvalue weighted by Gasteiger charge is -2.37. The molecule has 0 fully saturated rings. The van der Waals surface area contributed by atoms with Gasteiger partial charge in [-0.1, -0.05) is 43.7 Å². The number of allylic oxidation sites excluding steroid dienone is 2. The van der Waals surface area contributed by atoms with E-state index in [4.69, 9.17) is 4.74 Å². The van der Waals surface area contributed by atoms with Gasteiger partial charge >= 0.3 is 5.97 Å². The zero-order chi connectivity index (χ0) is 33.3. The van der Waals surface area contributed by atoms with Gasteiger partial charge in [-0.2, -0.15) is 0 Å². The molecule has 0 saturated carbocycles. The summed E-state index contributed by atoms with van der Waals surface area (Å²) in [5.41, 5.74) is 3.84. The molecule has 6 atom stereocenters. The molecule has 2 aliphatic heterocycles. The van der Waals surface area contributed by atoms with E-state index in [1.165, 1.54) is 17.0 Å². The molecular formula is C35H41BrN4O6. The minimum atomic E-state index is -0.989. The number of aromatic hydroxyl groups is 1. The zero-order valence-corrected chi connectivity index (χ0v) is 28.3. The lowest BCUT2D eigenvalue weighted by molar-refractivity contribution is -0.149. The van der Waals surface area contributed by atoms with Crippen LogP contribution in [-0.4, -0.2) is 52.0 Å². The van der Waals surface area contributed by atoms with Gasteiger partial charge in [-0.3, -0.25) is 24.1 Å². The van der Waals surface area contributed by atoms with Gasteiger partial charge in [0.1, 0.15) is 17.8 Å². The summed E-state index contributed by atoms with van der Waals surface area (Å²) in [5.74, 6) is -1.89. The number of phenolic OH excluding ortho intramolecular Hbond substituents is 1. The molecule has 4 N–H and O–H groups in total. The summed E-state index contributed by atoms with van der Waals surface area (Å²) >= 11 is 3.60. The molecule has 3 heterocycles. The number of cyclic esters (lactones) is 1. The highest BCUT2D eigenvalue weighted by molar-refractivity contribution is 9.10. The standard InChI is InChI=1S/C35H41BrN4O6/c1-18-13-19(2)15-21(4)46-30(42)17-27(23-9-11-24(41)12-10-23)39-34(44)29-16-25-31-26(38-32(25)36)7-6-8-28(31)40(29)35(45)22(5)37-33(43)20(3)14-18/h6-13,19-22,27,29,38,41H,14-17H2,1-5H3,(H,37,43)(H,39,44). The minimum absolute atomic E-state index is 0.0482. The van der Waals surface area contributed by atoms with Gasteiger partial charge in [0.2, 0.25) is 17.7 Å². The fourth-order valence-corrected chi connectivity index (χ4v) is 7.23. The first-order valence-corrected chi connectivity index (χ1v) is 16.5. The second-order valence-electron chi connectivity index (χ2n) is 12.8. The Morgan fingerprint density at radius 1 is 0.913 bits per heavy atom. The smallest absolute Gasteiger partial charge is 0.308 e. The van der Waals surface area contributed by atoms with Crippen molar-refractivity contribution in [3.8, 4) is 5.75 Å². The second-order valence-corrected chi connectivity index (χ2v) is 13.6. The molecule has 10 nitrogen and oxygen atoms in total. The van der Waals surface area contributed by atoms with Crippen molar-refractivity contribution in [1.82, 2.24) is 15.6 Å². The quantitative estimate of drug-likeness (QED) is 0.194. The summed E-state index contributed by atoms with van der Waals surface area (Å²) in [5, 5.41) is 16.6. The molecule has 0 spiro atoms. The van der Waals surface area contributed by atoms with Crippen LogP contribution in [0.5, 0.6) is 5.75 Å². The van der Waals surface area contributed by atoms with Crippen LogP contribution >= 0.6 is 15.9 Å². The van der Waals surface area contributed by atoms with Crippen molar-refractivity contribution in [3.05, 3.63) is 69.8 Å². The van der Waals surface area contributed by atoms with Gasteiger partial charge in [0, 0.05) is 23.2 Å². The van der Waals surface area contributed by atoms with Crippen LogP contribution in [0, 0.1) is 11.8 Å². The van der Waals surface area contributed by atoms with E-state index in [0.29, 0.717) is 28.7 Å². The number of ether oxygens (including phenoxy) is 1. The number of hydrogen-bond acceptors (Lipinski definition) is 6. The van der Waals surface area contributed by atoms with E-state index >= 15 is 0 Å². The zero-order valence-electron chi connectivity index (χ0n) is 26.7. The molecule has 5 rings (SSSR count). The fourth-order valence-electron chi connectivity index (χ4n) is 6.65. The molecule has 0 aliphatic carbocycles. The number of nitrogens with zero attached hydrogens (tertiary/aromatic N) is 1. The van der Waals surface area contributed by atoms with Crippen molar-refractivity contribution in [2.24, 2.45) is 11.8 Å². The van der Waals surface area contributed by atoms with Crippen LogP contribution in [0.2, 0.25) is 0 Å². The maximum Gasteiger partial charge on any atom is 0.308 e. The number of rotatable bonds is 1. The number of aromatic amines is 1. The maximum absolute atomic E-state index is 14.3. The molecule has 0 bridgehead atoms. The van der Waals surface area contributed by atoms with Crippen molar-refractivity contribution < 1.29 is 29.0 Å². The normalized spacial score (nSPS) is 27.0. The number of amides is 3. The molecule has 11 heteroatoms. The number of halogens is 1. The van der Waals surface area contributed by atoms with Crippen molar-refractivity contribution in [1.29, 1.82) is 0 Å². The average Bonchev–Trinajstić information content (AvgIpc) is 3.31. The minimum Gasteiger partial charge on any atom is -0.508 e. The summed E-state index contributed by atoms with van der Waals surface area (Å²) in [6, 6.07) is 9.08. The van der Waals surface area contributed by atoms with E-state index in [1.54, 1.807) is 25.1 Å². The number of fused-ring (bicyclic) bond motifs is 2. The lowest BCUT2D eigenvalue weighted by Crippen LogP contribution is -2.58. The summed E-state index contributed by atoms with van der Waals surface area (Å²) in [7, 11) is 0. The Morgan fingerprint density at radius 3 is 2.35 bits per heavy atom. The molecule has 46 heavy (non-hydrogen) atoms. The van der Waals surface area contributed by atoms with E-state index in [9.17, 15) is 24.3 Å². The number of aromatic nitrogens is 1. The number of hydrogen-bond donors (Lipinski definition) is 4. The third-order valence-electron chi connectivity index (χ3n) is 8.76. The van der Waals surface area contributed by atoms with E-state index in [-0.39, 0.29) is 36.5 Å². The van der Waals surface area contributed by atoms with Crippen molar-refractivity contribution in [3.63, 3.8) is 0 Å². The summed E-state index contributed by atoms with van der Waals surface area (Å²) in [4.78, 5) is 59.9. The average molecular weight is 694 g/mol. The van der Waals surface area contributed by atoms with Gasteiger partial charge in [-0.25, -0.2) is 0 Å². The van der Waals surface area contributed by atoms with Crippen molar-refractivity contribution in [2.45, 2.75) is 84.5 Å². The topological polar surface area (TPSA) is 141 Å². The van der Waals surface area contributed by atoms with Crippen molar-refractivity contribution >= 4 is 56.2 Å². The molecule has 2 aromatic carbocycles. The highest BCUT2D eigenvalue weighted by Crippen LogP contribution is 2.41. The first-order chi connectivity index (χ1) is 21.8. The molecule has 244 valence electrons. The van der Waals surface area contributed by atoms with Gasteiger partial charge < -0.3 is 25.5 Å². The monoisotopic (exact) mass is 692 g/mol. The lowest BCUT2D eigenvalue weighted by atomic mass is 9.94.